The van der Waals surface area contributed by atoms with Crippen LogP contribution in [0.15, 0.2) is 18.3 Å². The van der Waals surface area contributed by atoms with Gasteiger partial charge in [0.05, 0.1) is 23.3 Å². The molecule has 1 fully saturated rings. The Morgan fingerprint density at radius 3 is 2.56 bits per heavy atom. The molecule has 6 heteroatoms. The smallest absolute Gasteiger partial charge is 0.227 e. The van der Waals surface area contributed by atoms with Crippen molar-refractivity contribution < 1.29 is 4.79 Å². The van der Waals surface area contributed by atoms with Gasteiger partial charge in [0.1, 0.15) is 0 Å². The zero-order valence-corrected chi connectivity index (χ0v) is 17.0. The molecule has 146 valence electrons. The van der Waals surface area contributed by atoms with Crippen LogP contribution >= 0.6 is 0 Å². The second-order valence-electron chi connectivity index (χ2n) is 7.74. The molecule has 0 aliphatic carbocycles. The third kappa shape index (κ3) is 4.95. The SMILES string of the molecule is Cc1nn(C)c(C)c1C[C@@H](C)C(=O)Nc1ccc(CN2CCCCC2)nc1. The van der Waals surface area contributed by atoms with Crippen LogP contribution in [0.5, 0.6) is 0 Å². The van der Waals surface area contributed by atoms with Crippen molar-refractivity contribution in [2.75, 3.05) is 18.4 Å². The number of pyridine rings is 1. The van der Waals surface area contributed by atoms with Crippen LogP contribution in [-0.4, -0.2) is 38.7 Å². The second-order valence-corrected chi connectivity index (χ2v) is 7.74. The molecule has 1 amide bonds. The number of amides is 1. The topological polar surface area (TPSA) is 63.1 Å². The molecule has 0 unspecified atom stereocenters. The molecule has 6 nitrogen and oxygen atoms in total. The fourth-order valence-electron chi connectivity index (χ4n) is 3.72. The Hall–Kier alpha value is -2.21. The molecule has 0 saturated carbocycles. The van der Waals surface area contributed by atoms with Gasteiger partial charge in [-0.25, -0.2) is 0 Å². The van der Waals surface area contributed by atoms with Crippen molar-refractivity contribution in [2.45, 2.75) is 53.0 Å². The number of piperidine rings is 1. The number of likely N-dealkylation sites (tertiary alicyclic amines) is 1. The lowest BCUT2D eigenvalue weighted by molar-refractivity contribution is -0.119. The maximum Gasteiger partial charge on any atom is 0.227 e. The van der Waals surface area contributed by atoms with Gasteiger partial charge in [-0.05, 0) is 63.9 Å². The van der Waals surface area contributed by atoms with Gasteiger partial charge < -0.3 is 5.32 Å². The highest BCUT2D eigenvalue weighted by atomic mass is 16.1. The van der Waals surface area contributed by atoms with Crippen LogP contribution in [0.1, 0.15) is 48.8 Å². The maximum atomic E-state index is 12.6. The van der Waals surface area contributed by atoms with Gasteiger partial charge in [0.2, 0.25) is 5.91 Å². The van der Waals surface area contributed by atoms with Crippen molar-refractivity contribution >= 4 is 11.6 Å². The number of nitrogens with zero attached hydrogens (tertiary/aromatic N) is 4. The monoisotopic (exact) mass is 369 g/mol. The Bertz CT molecular complexity index is 775. The van der Waals surface area contributed by atoms with Gasteiger partial charge in [-0.2, -0.15) is 5.10 Å². The lowest BCUT2D eigenvalue weighted by atomic mass is 9.99. The Morgan fingerprint density at radius 1 is 1.22 bits per heavy atom. The van der Waals surface area contributed by atoms with Crippen LogP contribution in [0.25, 0.3) is 0 Å². The van der Waals surface area contributed by atoms with Gasteiger partial charge in [0, 0.05) is 25.2 Å². The summed E-state index contributed by atoms with van der Waals surface area (Å²) >= 11 is 0. The first-order chi connectivity index (χ1) is 12.9. The van der Waals surface area contributed by atoms with E-state index in [0.29, 0.717) is 6.42 Å². The second kappa shape index (κ2) is 8.65. The molecule has 3 rings (SSSR count). The average Bonchev–Trinajstić information content (AvgIpc) is 2.90. The number of carbonyl (C=O) groups excluding carboxylic acids is 1. The molecule has 0 spiro atoms. The molecule has 1 saturated heterocycles. The van der Waals surface area contributed by atoms with Gasteiger partial charge in [-0.1, -0.05) is 13.3 Å². The molecule has 0 bridgehead atoms. The summed E-state index contributed by atoms with van der Waals surface area (Å²) < 4.78 is 1.88. The van der Waals surface area contributed by atoms with E-state index in [4.69, 9.17) is 0 Å². The third-order valence-electron chi connectivity index (χ3n) is 5.54. The summed E-state index contributed by atoms with van der Waals surface area (Å²) in [6.45, 7) is 9.21. The lowest BCUT2D eigenvalue weighted by Crippen LogP contribution is -2.29. The summed E-state index contributed by atoms with van der Waals surface area (Å²) in [5.41, 5.74) is 5.10. The van der Waals surface area contributed by atoms with Crippen molar-refractivity contribution in [3.05, 3.63) is 41.0 Å². The van der Waals surface area contributed by atoms with E-state index >= 15 is 0 Å². The number of aryl methyl sites for hydroxylation is 2. The molecule has 2 aromatic rings. The molecular formula is C21H31N5O. The summed E-state index contributed by atoms with van der Waals surface area (Å²) in [6, 6.07) is 3.97. The molecule has 0 radical (unpaired) electrons. The highest BCUT2D eigenvalue weighted by Gasteiger charge is 2.19. The number of rotatable bonds is 6. The van der Waals surface area contributed by atoms with Crippen LogP contribution in [0.4, 0.5) is 5.69 Å². The number of hydrogen-bond donors (Lipinski definition) is 1. The summed E-state index contributed by atoms with van der Waals surface area (Å²) in [6.07, 6.45) is 6.36. The molecule has 1 N–H and O–H groups in total. The number of hydrogen-bond acceptors (Lipinski definition) is 4. The minimum absolute atomic E-state index is 0.0169. The van der Waals surface area contributed by atoms with Crippen LogP contribution in [0.3, 0.4) is 0 Å². The Morgan fingerprint density at radius 2 is 1.96 bits per heavy atom. The van der Waals surface area contributed by atoms with Gasteiger partial charge in [0.15, 0.2) is 0 Å². The number of aromatic nitrogens is 3. The summed E-state index contributed by atoms with van der Waals surface area (Å²) in [4.78, 5) is 19.6. The lowest BCUT2D eigenvalue weighted by Gasteiger charge is -2.25. The zero-order chi connectivity index (χ0) is 19.4. The van der Waals surface area contributed by atoms with Crippen LogP contribution < -0.4 is 5.32 Å². The van der Waals surface area contributed by atoms with Crippen LogP contribution in [-0.2, 0) is 24.8 Å². The Labute approximate surface area is 162 Å². The predicted molar refractivity (Wildman–Crippen MR) is 108 cm³/mol. The van der Waals surface area contributed by atoms with Crippen molar-refractivity contribution in [3.8, 4) is 0 Å². The fraction of sp³-hybridized carbons (Fsp3) is 0.571. The fourth-order valence-corrected chi connectivity index (χ4v) is 3.72. The van der Waals surface area contributed by atoms with E-state index in [2.05, 4.69) is 20.3 Å². The number of carbonyl (C=O) groups is 1. The summed E-state index contributed by atoms with van der Waals surface area (Å²) in [5, 5.41) is 7.43. The third-order valence-corrected chi connectivity index (χ3v) is 5.54. The minimum Gasteiger partial charge on any atom is -0.324 e. The van der Waals surface area contributed by atoms with E-state index < -0.39 is 0 Å². The number of nitrogens with one attached hydrogen (secondary N) is 1. The largest absolute Gasteiger partial charge is 0.324 e. The minimum atomic E-state index is -0.125. The van der Waals surface area contributed by atoms with Crippen molar-refractivity contribution in [1.29, 1.82) is 0 Å². The van der Waals surface area contributed by atoms with E-state index in [9.17, 15) is 4.79 Å². The van der Waals surface area contributed by atoms with E-state index in [1.54, 1.807) is 6.20 Å². The summed E-state index contributed by atoms with van der Waals surface area (Å²) in [5.74, 6) is -0.108. The first-order valence-electron chi connectivity index (χ1n) is 9.91. The highest BCUT2D eigenvalue weighted by Crippen LogP contribution is 2.19. The van der Waals surface area contributed by atoms with Gasteiger partial charge in [-0.15, -0.1) is 0 Å². The molecule has 1 aliphatic rings. The van der Waals surface area contributed by atoms with Crippen LogP contribution in [0.2, 0.25) is 0 Å². The van der Waals surface area contributed by atoms with E-state index in [1.165, 1.54) is 19.3 Å². The Balaban J connectivity index is 1.55. The van der Waals surface area contributed by atoms with Gasteiger partial charge in [0.25, 0.3) is 0 Å². The van der Waals surface area contributed by atoms with Crippen molar-refractivity contribution in [2.24, 2.45) is 13.0 Å². The van der Waals surface area contributed by atoms with Crippen LogP contribution in [0, 0.1) is 19.8 Å². The highest BCUT2D eigenvalue weighted by molar-refractivity contribution is 5.92. The van der Waals surface area contributed by atoms with E-state index in [1.807, 2.05) is 44.6 Å². The molecule has 0 aromatic carbocycles. The first kappa shape index (κ1) is 19.5. The van der Waals surface area contributed by atoms with E-state index in [0.717, 1.165) is 48.0 Å². The quantitative estimate of drug-likeness (QED) is 0.849. The maximum absolute atomic E-state index is 12.6. The molecule has 27 heavy (non-hydrogen) atoms. The average molecular weight is 370 g/mol. The first-order valence-corrected chi connectivity index (χ1v) is 9.91. The molecule has 1 aliphatic heterocycles. The van der Waals surface area contributed by atoms with Crippen molar-refractivity contribution in [3.63, 3.8) is 0 Å². The van der Waals surface area contributed by atoms with Gasteiger partial charge >= 0.3 is 0 Å². The summed E-state index contributed by atoms with van der Waals surface area (Å²) in [7, 11) is 1.94. The van der Waals surface area contributed by atoms with E-state index in [-0.39, 0.29) is 11.8 Å². The van der Waals surface area contributed by atoms with Crippen molar-refractivity contribution in [1.82, 2.24) is 19.7 Å². The number of anilines is 1. The molecule has 3 heterocycles. The predicted octanol–water partition coefficient (Wildman–Crippen LogP) is 3.24. The molecular weight excluding hydrogens is 338 g/mol. The standard InChI is InChI=1S/C21H31N5O/c1-15(12-20-16(2)24-25(4)17(20)3)21(27)23-18-8-9-19(22-13-18)14-26-10-6-5-7-11-26/h8-9,13,15H,5-7,10-12,14H2,1-4H3,(H,23,27)/t15-/m1/s1. The molecule has 2 aromatic heterocycles. The molecule has 1 atom stereocenters. The Kier molecular flexibility index (Phi) is 6.26. The van der Waals surface area contributed by atoms with Gasteiger partial charge in [-0.3, -0.25) is 19.4 Å². The normalized spacial score (nSPS) is 16.3. The zero-order valence-electron chi connectivity index (χ0n) is 17.0.